The lowest BCUT2D eigenvalue weighted by molar-refractivity contribution is -0.142. The van der Waals surface area contributed by atoms with Crippen molar-refractivity contribution in [1.82, 2.24) is 20.6 Å². The molecule has 1 unspecified atom stereocenters. The van der Waals surface area contributed by atoms with E-state index >= 15 is 0 Å². The van der Waals surface area contributed by atoms with Crippen LogP contribution in [0.15, 0.2) is 42.9 Å². The van der Waals surface area contributed by atoms with Crippen LogP contribution < -0.4 is 10.6 Å². The van der Waals surface area contributed by atoms with Crippen LogP contribution in [0.25, 0.3) is 0 Å². The number of rotatable bonds is 10. The van der Waals surface area contributed by atoms with Gasteiger partial charge in [-0.05, 0) is 11.5 Å². The number of carboxylic acids is 1. The lowest BCUT2D eigenvalue weighted by Crippen LogP contribution is -2.54. The van der Waals surface area contributed by atoms with Gasteiger partial charge >= 0.3 is 12.1 Å². The normalized spacial score (nSPS) is 13.7. The van der Waals surface area contributed by atoms with E-state index in [1.807, 2.05) is 37.3 Å². The summed E-state index contributed by atoms with van der Waals surface area (Å²) in [5.41, 5.74) is 1.39. The van der Waals surface area contributed by atoms with E-state index in [9.17, 15) is 19.5 Å². The highest BCUT2D eigenvalue weighted by Crippen LogP contribution is 2.10. The van der Waals surface area contributed by atoms with E-state index in [-0.39, 0.29) is 18.9 Å². The number of hydrogen-bond donors (Lipinski definition) is 4. The van der Waals surface area contributed by atoms with Crippen LogP contribution in [0.2, 0.25) is 0 Å². The third kappa shape index (κ3) is 6.95. The van der Waals surface area contributed by atoms with Crippen molar-refractivity contribution in [2.24, 2.45) is 5.92 Å². The minimum Gasteiger partial charge on any atom is -0.480 e. The first-order valence-electron chi connectivity index (χ1n) is 9.38. The highest BCUT2D eigenvalue weighted by molar-refractivity contribution is 5.89. The first kappa shape index (κ1) is 21.9. The van der Waals surface area contributed by atoms with Gasteiger partial charge in [-0.15, -0.1) is 0 Å². The number of hydrogen-bond acceptors (Lipinski definition) is 5. The molecule has 2 rings (SSSR count). The van der Waals surface area contributed by atoms with Crippen LogP contribution in [0, 0.1) is 5.92 Å². The van der Waals surface area contributed by atoms with E-state index in [0.717, 1.165) is 5.56 Å². The Balaban J connectivity index is 1.98. The molecule has 1 aromatic carbocycles. The summed E-state index contributed by atoms with van der Waals surface area (Å²) in [5.74, 6) is -1.98. The number of alkyl carbamates (subject to hydrolysis) is 1. The topological polar surface area (TPSA) is 133 Å². The number of benzene rings is 1. The number of carbonyl (C=O) groups excluding carboxylic acids is 2. The quantitative estimate of drug-likeness (QED) is 0.479. The fourth-order valence-electron chi connectivity index (χ4n) is 2.67. The maximum Gasteiger partial charge on any atom is 0.408 e. The average Bonchev–Trinajstić information content (AvgIpc) is 3.23. The molecular formula is C20H26N4O5. The predicted molar refractivity (Wildman–Crippen MR) is 105 cm³/mol. The van der Waals surface area contributed by atoms with Crippen molar-refractivity contribution in [1.29, 1.82) is 0 Å². The molecule has 9 heteroatoms. The lowest BCUT2D eigenvalue weighted by Gasteiger charge is -2.25. The van der Waals surface area contributed by atoms with Crippen LogP contribution in [0.3, 0.4) is 0 Å². The largest absolute Gasteiger partial charge is 0.480 e. The van der Waals surface area contributed by atoms with Gasteiger partial charge in [-0.2, -0.15) is 0 Å². The Labute approximate surface area is 168 Å². The molecule has 0 radical (unpaired) electrons. The maximum atomic E-state index is 12.7. The molecule has 0 aliphatic heterocycles. The van der Waals surface area contributed by atoms with E-state index < -0.39 is 30.1 Å². The van der Waals surface area contributed by atoms with E-state index in [1.165, 1.54) is 12.5 Å². The van der Waals surface area contributed by atoms with Gasteiger partial charge in [0.05, 0.1) is 6.33 Å². The minimum atomic E-state index is -1.18. The maximum absolute atomic E-state index is 12.7. The number of nitrogens with zero attached hydrogens (tertiary/aromatic N) is 1. The monoisotopic (exact) mass is 402 g/mol. The molecule has 0 saturated carbocycles. The molecule has 0 spiro atoms. The number of carbonyl (C=O) groups is 3. The second-order valence-electron chi connectivity index (χ2n) is 6.75. The zero-order valence-corrected chi connectivity index (χ0v) is 16.4. The molecule has 0 saturated heterocycles. The Kier molecular flexibility index (Phi) is 8.20. The zero-order valence-electron chi connectivity index (χ0n) is 16.4. The number of carboxylic acid groups (broad SMARTS) is 1. The van der Waals surface area contributed by atoms with Gasteiger partial charge < -0.3 is 25.5 Å². The van der Waals surface area contributed by atoms with Crippen LogP contribution in [0.1, 0.15) is 31.5 Å². The molecular weight excluding hydrogens is 376 g/mol. The molecule has 0 bridgehead atoms. The molecule has 0 fully saturated rings. The van der Waals surface area contributed by atoms with Gasteiger partial charge in [-0.1, -0.05) is 50.6 Å². The second kappa shape index (κ2) is 10.8. The standard InChI is InChI=1S/C20H26N4O5/c1-3-13(2)17(24-20(28)29-11-14-7-5-4-6-8-14)18(25)23-16(19(26)27)9-15-10-21-12-22-15/h4-8,10,12-13,16-17H,3,9,11H2,1-2H3,(H,21,22)(H,23,25)(H,24,28)(H,26,27)/t13?,16-,17-/m1/s1. The highest BCUT2D eigenvalue weighted by Gasteiger charge is 2.30. The van der Waals surface area contributed by atoms with Gasteiger partial charge in [0.1, 0.15) is 18.7 Å². The molecule has 0 aliphatic carbocycles. The van der Waals surface area contributed by atoms with Crippen molar-refractivity contribution < 1.29 is 24.2 Å². The summed E-state index contributed by atoms with van der Waals surface area (Å²) in [7, 11) is 0. The van der Waals surface area contributed by atoms with E-state index in [1.54, 1.807) is 6.92 Å². The number of aliphatic carboxylic acids is 1. The summed E-state index contributed by atoms with van der Waals surface area (Å²) in [6, 6.07) is 7.08. The van der Waals surface area contributed by atoms with Gasteiger partial charge in [-0.25, -0.2) is 14.6 Å². The number of nitrogens with one attached hydrogen (secondary N) is 3. The van der Waals surface area contributed by atoms with Gasteiger partial charge in [-0.3, -0.25) is 4.79 Å². The minimum absolute atomic E-state index is 0.0484. The van der Waals surface area contributed by atoms with Gasteiger partial charge in [0.25, 0.3) is 0 Å². The summed E-state index contributed by atoms with van der Waals surface area (Å²) in [4.78, 5) is 43.1. The van der Waals surface area contributed by atoms with Crippen molar-refractivity contribution >= 4 is 18.0 Å². The number of ether oxygens (including phenoxy) is 1. The third-order valence-electron chi connectivity index (χ3n) is 4.58. The highest BCUT2D eigenvalue weighted by atomic mass is 16.5. The Morgan fingerprint density at radius 1 is 1.21 bits per heavy atom. The SMILES string of the molecule is CCC(C)[C@@H](NC(=O)OCc1ccccc1)C(=O)N[C@H](Cc1cnc[nH]1)C(=O)O. The van der Waals surface area contributed by atoms with E-state index in [2.05, 4.69) is 20.6 Å². The first-order chi connectivity index (χ1) is 13.9. The van der Waals surface area contributed by atoms with Crippen molar-refractivity contribution in [2.45, 2.75) is 45.4 Å². The van der Waals surface area contributed by atoms with E-state index in [0.29, 0.717) is 12.1 Å². The van der Waals surface area contributed by atoms with Crippen molar-refractivity contribution in [3.63, 3.8) is 0 Å². The average molecular weight is 402 g/mol. The Morgan fingerprint density at radius 2 is 1.93 bits per heavy atom. The second-order valence-corrected chi connectivity index (χ2v) is 6.75. The lowest BCUT2D eigenvalue weighted by atomic mass is 9.98. The fraction of sp³-hybridized carbons (Fsp3) is 0.400. The molecule has 4 N–H and O–H groups in total. The molecule has 3 atom stereocenters. The van der Waals surface area contributed by atoms with Crippen LogP contribution >= 0.6 is 0 Å². The van der Waals surface area contributed by atoms with Gasteiger partial charge in [0, 0.05) is 18.3 Å². The fourth-order valence-corrected chi connectivity index (χ4v) is 2.67. The van der Waals surface area contributed by atoms with Crippen LogP contribution in [0.5, 0.6) is 0 Å². The molecule has 29 heavy (non-hydrogen) atoms. The number of imidazole rings is 1. The number of amides is 2. The summed E-state index contributed by atoms with van der Waals surface area (Å²) >= 11 is 0. The van der Waals surface area contributed by atoms with Crippen molar-refractivity contribution in [2.75, 3.05) is 0 Å². The summed E-state index contributed by atoms with van der Waals surface area (Å²) in [5, 5.41) is 14.5. The molecule has 0 aliphatic rings. The molecule has 1 heterocycles. The molecule has 9 nitrogen and oxygen atoms in total. The third-order valence-corrected chi connectivity index (χ3v) is 4.58. The van der Waals surface area contributed by atoms with Crippen LogP contribution in [-0.4, -0.2) is 45.1 Å². The van der Waals surface area contributed by atoms with Crippen LogP contribution in [-0.2, 0) is 27.4 Å². The summed E-state index contributed by atoms with van der Waals surface area (Å²) < 4.78 is 5.18. The van der Waals surface area contributed by atoms with E-state index in [4.69, 9.17) is 4.74 Å². The Hall–Kier alpha value is -3.36. The Morgan fingerprint density at radius 3 is 2.52 bits per heavy atom. The van der Waals surface area contributed by atoms with Crippen molar-refractivity contribution in [3.8, 4) is 0 Å². The van der Waals surface area contributed by atoms with Gasteiger partial charge in [0.15, 0.2) is 0 Å². The van der Waals surface area contributed by atoms with Crippen molar-refractivity contribution in [3.05, 3.63) is 54.1 Å². The molecule has 156 valence electrons. The van der Waals surface area contributed by atoms with Gasteiger partial charge in [0.2, 0.25) is 5.91 Å². The van der Waals surface area contributed by atoms with Crippen LogP contribution in [0.4, 0.5) is 4.79 Å². The molecule has 2 aromatic rings. The Bertz CT molecular complexity index is 794. The summed E-state index contributed by atoms with van der Waals surface area (Å²) in [6.07, 6.45) is 2.84. The number of H-pyrrole nitrogens is 1. The molecule has 2 amide bonds. The zero-order chi connectivity index (χ0) is 21.2. The number of aromatic nitrogens is 2. The summed E-state index contributed by atoms with van der Waals surface area (Å²) in [6.45, 7) is 3.74. The first-order valence-corrected chi connectivity index (χ1v) is 9.38. The smallest absolute Gasteiger partial charge is 0.408 e. The predicted octanol–water partition coefficient (Wildman–Crippen LogP) is 1.86. The molecule has 1 aromatic heterocycles. The number of aromatic amines is 1.